The molecule has 0 heterocycles. The highest BCUT2D eigenvalue weighted by Gasteiger charge is 2.30. The fourth-order valence-corrected chi connectivity index (χ4v) is 2.59. The summed E-state index contributed by atoms with van der Waals surface area (Å²) in [5.41, 5.74) is 0.611. The van der Waals surface area contributed by atoms with Gasteiger partial charge in [0.15, 0.2) is 6.10 Å². The third-order valence-corrected chi connectivity index (χ3v) is 3.65. The van der Waals surface area contributed by atoms with Gasteiger partial charge in [-0.05, 0) is 19.4 Å². The molecule has 0 spiro atoms. The molecule has 0 fully saturated rings. The summed E-state index contributed by atoms with van der Waals surface area (Å²) in [5, 5.41) is 9.07. The first-order valence-electron chi connectivity index (χ1n) is 5.67. The molecular formula is C12H16NO4P. The van der Waals surface area contributed by atoms with Crippen molar-refractivity contribution in [1.29, 1.82) is 5.26 Å². The summed E-state index contributed by atoms with van der Waals surface area (Å²) < 4.78 is 27.3. The van der Waals surface area contributed by atoms with Gasteiger partial charge in [-0.25, -0.2) is 4.57 Å². The van der Waals surface area contributed by atoms with Crippen LogP contribution in [0.4, 0.5) is 0 Å². The van der Waals surface area contributed by atoms with Gasteiger partial charge in [-0.1, -0.05) is 30.3 Å². The first-order valence-corrected chi connectivity index (χ1v) is 7.13. The van der Waals surface area contributed by atoms with Gasteiger partial charge in [0.2, 0.25) is 0 Å². The lowest BCUT2D eigenvalue weighted by atomic mass is 10.1. The normalized spacial score (nSPS) is 12.9. The Morgan fingerprint density at radius 2 is 1.78 bits per heavy atom. The molecule has 1 aromatic rings. The minimum atomic E-state index is -3.68. The van der Waals surface area contributed by atoms with Crippen LogP contribution in [0.5, 0.6) is 0 Å². The Labute approximate surface area is 107 Å². The van der Waals surface area contributed by atoms with Crippen LogP contribution in [0.3, 0.4) is 0 Å². The Balaban J connectivity index is 2.85. The van der Waals surface area contributed by atoms with Crippen LogP contribution in [-0.2, 0) is 18.1 Å². The molecule has 0 N–H and O–H groups in total. The summed E-state index contributed by atoms with van der Waals surface area (Å²) in [4.78, 5) is 0. The van der Waals surface area contributed by atoms with E-state index in [1.165, 1.54) is 0 Å². The summed E-state index contributed by atoms with van der Waals surface area (Å²) >= 11 is 0. The smallest absolute Gasteiger partial charge is 0.287 e. The van der Waals surface area contributed by atoms with Crippen molar-refractivity contribution < 1.29 is 18.1 Å². The number of nitrogens with zero attached hydrogens (tertiary/aromatic N) is 1. The van der Waals surface area contributed by atoms with Gasteiger partial charge in [-0.15, -0.1) is 0 Å². The van der Waals surface area contributed by atoms with E-state index in [9.17, 15) is 4.57 Å². The van der Waals surface area contributed by atoms with Crippen LogP contribution < -0.4 is 0 Å². The maximum atomic E-state index is 12.1. The zero-order chi connectivity index (χ0) is 13.4. The van der Waals surface area contributed by atoms with E-state index in [2.05, 4.69) is 0 Å². The molecule has 0 saturated carbocycles. The van der Waals surface area contributed by atoms with E-state index in [4.69, 9.17) is 18.8 Å². The monoisotopic (exact) mass is 269 g/mol. The molecule has 1 rings (SSSR count). The molecule has 1 atom stereocenters. The van der Waals surface area contributed by atoms with Crippen LogP contribution >= 0.6 is 7.82 Å². The molecular weight excluding hydrogens is 253 g/mol. The molecule has 6 heteroatoms. The second-order valence-electron chi connectivity index (χ2n) is 3.31. The molecule has 18 heavy (non-hydrogen) atoms. The first-order chi connectivity index (χ1) is 8.65. The Morgan fingerprint density at radius 1 is 1.22 bits per heavy atom. The van der Waals surface area contributed by atoms with Crippen LogP contribution in [0, 0.1) is 11.3 Å². The molecule has 0 radical (unpaired) electrons. The number of phosphoric ester groups is 1. The molecule has 0 amide bonds. The zero-order valence-electron chi connectivity index (χ0n) is 10.4. The van der Waals surface area contributed by atoms with Gasteiger partial charge in [0.25, 0.3) is 0 Å². The van der Waals surface area contributed by atoms with E-state index in [1.807, 2.05) is 12.1 Å². The zero-order valence-corrected chi connectivity index (χ0v) is 11.3. The van der Waals surface area contributed by atoms with Crippen LogP contribution in [0.2, 0.25) is 0 Å². The third kappa shape index (κ3) is 4.25. The van der Waals surface area contributed by atoms with Gasteiger partial charge < -0.3 is 0 Å². The van der Waals surface area contributed by atoms with Crippen molar-refractivity contribution in [3.8, 4) is 6.07 Å². The first kappa shape index (κ1) is 14.9. The van der Waals surface area contributed by atoms with Crippen LogP contribution in [0.15, 0.2) is 30.3 Å². The quantitative estimate of drug-likeness (QED) is 0.709. The standard InChI is InChI=1S/C12H16NO4P/c1-3-15-18(14,16-4-2)17-12(10-13)11-8-6-5-7-9-11/h5-9,12H,3-4H2,1-2H3/t12-/m0/s1. The van der Waals surface area contributed by atoms with Gasteiger partial charge in [-0.3, -0.25) is 13.6 Å². The molecule has 0 unspecified atom stereocenters. The number of rotatable bonds is 7. The SMILES string of the molecule is CCOP(=O)(OCC)O[C@@H](C#N)c1ccccc1. The van der Waals surface area contributed by atoms with E-state index < -0.39 is 13.9 Å². The van der Waals surface area contributed by atoms with E-state index >= 15 is 0 Å². The largest absolute Gasteiger partial charge is 0.476 e. The second-order valence-corrected chi connectivity index (χ2v) is 4.93. The Morgan fingerprint density at radius 3 is 2.22 bits per heavy atom. The van der Waals surface area contributed by atoms with Gasteiger partial charge in [0.05, 0.1) is 19.3 Å². The molecule has 1 aromatic carbocycles. The topological polar surface area (TPSA) is 68.6 Å². The number of hydrogen-bond acceptors (Lipinski definition) is 5. The highest BCUT2D eigenvalue weighted by atomic mass is 31.2. The highest BCUT2D eigenvalue weighted by Crippen LogP contribution is 2.52. The van der Waals surface area contributed by atoms with Crippen molar-refractivity contribution in [2.75, 3.05) is 13.2 Å². The Bertz CT molecular complexity index is 433. The Hall–Kier alpha value is -1.18. The fourth-order valence-electron chi connectivity index (χ4n) is 1.33. The average molecular weight is 269 g/mol. The maximum absolute atomic E-state index is 12.1. The average Bonchev–Trinajstić information content (AvgIpc) is 2.38. The second kappa shape index (κ2) is 7.30. The number of nitriles is 1. The van der Waals surface area contributed by atoms with E-state index in [0.717, 1.165) is 0 Å². The molecule has 0 saturated heterocycles. The van der Waals surface area contributed by atoms with Gasteiger partial charge >= 0.3 is 7.82 Å². The number of phosphoric acid groups is 1. The van der Waals surface area contributed by atoms with Gasteiger partial charge in [-0.2, -0.15) is 5.26 Å². The van der Waals surface area contributed by atoms with E-state index in [-0.39, 0.29) is 13.2 Å². The minimum Gasteiger partial charge on any atom is -0.287 e. The van der Waals surface area contributed by atoms with Crippen molar-refractivity contribution in [2.45, 2.75) is 20.0 Å². The van der Waals surface area contributed by atoms with Gasteiger partial charge in [0.1, 0.15) is 0 Å². The van der Waals surface area contributed by atoms with E-state index in [1.54, 1.807) is 38.1 Å². The lowest BCUT2D eigenvalue weighted by Gasteiger charge is -2.19. The lowest BCUT2D eigenvalue weighted by Crippen LogP contribution is -2.05. The van der Waals surface area contributed by atoms with Crippen LogP contribution in [-0.4, -0.2) is 13.2 Å². The molecule has 5 nitrogen and oxygen atoms in total. The van der Waals surface area contributed by atoms with Crippen molar-refractivity contribution in [1.82, 2.24) is 0 Å². The lowest BCUT2D eigenvalue weighted by molar-refractivity contribution is 0.103. The molecule has 98 valence electrons. The van der Waals surface area contributed by atoms with Crippen molar-refractivity contribution in [2.24, 2.45) is 0 Å². The summed E-state index contributed by atoms with van der Waals surface area (Å²) in [6.45, 7) is 3.73. The number of hydrogen-bond donors (Lipinski definition) is 0. The molecule has 0 bridgehead atoms. The summed E-state index contributed by atoms with van der Waals surface area (Å²) in [5.74, 6) is 0. The van der Waals surface area contributed by atoms with Crippen molar-refractivity contribution in [3.63, 3.8) is 0 Å². The molecule has 0 aromatic heterocycles. The van der Waals surface area contributed by atoms with Crippen LogP contribution in [0.25, 0.3) is 0 Å². The predicted octanol–water partition coefficient (Wildman–Crippen LogP) is 3.45. The molecule has 0 aliphatic rings. The number of benzene rings is 1. The van der Waals surface area contributed by atoms with Gasteiger partial charge in [0, 0.05) is 0 Å². The Kier molecular flexibility index (Phi) is 6.03. The van der Waals surface area contributed by atoms with Crippen LogP contribution in [0.1, 0.15) is 25.5 Å². The fraction of sp³-hybridized carbons (Fsp3) is 0.417. The van der Waals surface area contributed by atoms with E-state index in [0.29, 0.717) is 5.56 Å². The van der Waals surface area contributed by atoms with Crippen molar-refractivity contribution >= 4 is 7.82 Å². The maximum Gasteiger partial charge on any atom is 0.476 e. The van der Waals surface area contributed by atoms with Crippen molar-refractivity contribution in [3.05, 3.63) is 35.9 Å². The molecule has 0 aliphatic heterocycles. The highest BCUT2D eigenvalue weighted by molar-refractivity contribution is 7.48. The minimum absolute atomic E-state index is 0.185. The summed E-state index contributed by atoms with van der Waals surface area (Å²) in [6, 6.07) is 10.7. The summed E-state index contributed by atoms with van der Waals surface area (Å²) in [6.07, 6.45) is -0.977. The summed E-state index contributed by atoms with van der Waals surface area (Å²) in [7, 11) is -3.68. The predicted molar refractivity (Wildman–Crippen MR) is 66.7 cm³/mol. The third-order valence-electron chi connectivity index (χ3n) is 2.03. The molecule has 0 aliphatic carbocycles.